The fourth-order valence-corrected chi connectivity index (χ4v) is 3.20. The zero-order valence-electron chi connectivity index (χ0n) is 14.6. The molecule has 0 saturated carbocycles. The molecule has 140 valence electrons. The number of anilines is 3. The van der Waals surface area contributed by atoms with Gasteiger partial charge in [0.15, 0.2) is 0 Å². The van der Waals surface area contributed by atoms with E-state index in [-0.39, 0.29) is 23.4 Å². The molecule has 3 aromatic carbocycles. The topological polar surface area (TPSA) is 70.2 Å². The van der Waals surface area contributed by atoms with Crippen LogP contribution in [0.5, 0.6) is 0 Å². The Morgan fingerprint density at radius 2 is 1.79 bits per heavy atom. The van der Waals surface area contributed by atoms with Crippen LogP contribution in [0.25, 0.3) is 0 Å². The van der Waals surface area contributed by atoms with Crippen molar-refractivity contribution >= 4 is 40.5 Å². The van der Waals surface area contributed by atoms with Gasteiger partial charge in [-0.2, -0.15) is 0 Å². The number of benzene rings is 3. The average molecular weight is 396 g/mol. The number of fused-ring (bicyclic) bond motifs is 2. The molecular formula is C21H15ClFN3O2. The molecule has 1 heterocycles. The van der Waals surface area contributed by atoms with E-state index in [2.05, 4.69) is 16.0 Å². The fourth-order valence-electron chi connectivity index (χ4n) is 2.97. The SMILES string of the molecule is O=C(NCc1ccc(F)cc1Cl)c1ccc2c(c1)NC(=O)c1ccccc1N2. The van der Waals surface area contributed by atoms with Gasteiger partial charge in [0, 0.05) is 17.1 Å². The number of nitrogens with one attached hydrogen (secondary N) is 3. The van der Waals surface area contributed by atoms with Crippen LogP contribution in [0.2, 0.25) is 5.02 Å². The van der Waals surface area contributed by atoms with Crippen molar-refractivity contribution in [1.29, 1.82) is 0 Å². The van der Waals surface area contributed by atoms with Crippen LogP contribution in [0.4, 0.5) is 21.5 Å². The zero-order valence-corrected chi connectivity index (χ0v) is 15.3. The number of carbonyl (C=O) groups excluding carboxylic acids is 2. The van der Waals surface area contributed by atoms with Crippen molar-refractivity contribution in [2.75, 3.05) is 10.6 Å². The highest BCUT2D eigenvalue weighted by molar-refractivity contribution is 6.31. The summed E-state index contributed by atoms with van der Waals surface area (Å²) in [6, 6.07) is 16.2. The van der Waals surface area contributed by atoms with Gasteiger partial charge in [0.25, 0.3) is 11.8 Å². The maximum atomic E-state index is 13.1. The predicted octanol–water partition coefficient (Wildman–Crippen LogP) is 4.72. The lowest BCUT2D eigenvalue weighted by molar-refractivity contribution is 0.0949. The molecule has 0 aromatic heterocycles. The molecule has 2 amide bonds. The highest BCUT2D eigenvalue weighted by atomic mass is 35.5. The van der Waals surface area contributed by atoms with Gasteiger partial charge in [-0.15, -0.1) is 0 Å². The van der Waals surface area contributed by atoms with Crippen LogP contribution in [0.3, 0.4) is 0 Å². The zero-order chi connectivity index (χ0) is 19.7. The van der Waals surface area contributed by atoms with E-state index < -0.39 is 5.82 Å². The Morgan fingerprint density at radius 1 is 0.964 bits per heavy atom. The van der Waals surface area contributed by atoms with Gasteiger partial charge in [-0.3, -0.25) is 9.59 Å². The molecule has 0 spiro atoms. The van der Waals surface area contributed by atoms with Crippen molar-refractivity contribution in [1.82, 2.24) is 5.32 Å². The lowest BCUT2D eigenvalue weighted by Gasteiger charge is -2.11. The van der Waals surface area contributed by atoms with Gasteiger partial charge in [-0.1, -0.05) is 29.8 Å². The van der Waals surface area contributed by atoms with Gasteiger partial charge in [-0.05, 0) is 48.0 Å². The van der Waals surface area contributed by atoms with E-state index in [1.165, 1.54) is 18.2 Å². The first-order valence-electron chi connectivity index (χ1n) is 8.55. The smallest absolute Gasteiger partial charge is 0.257 e. The highest BCUT2D eigenvalue weighted by Gasteiger charge is 2.19. The molecule has 4 rings (SSSR count). The summed E-state index contributed by atoms with van der Waals surface area (Å²) in [5.74, 6) is -1.02. The molecule has 0 fully saturated rings. The number of carbonyl (C=O) groups is 2. The molecule has 1 aliphatic heterocycles. The third-order valence-electron chi connectivity index (χ3n) is 4.43. The summed E-state index contributed by atoms with van der Waals surface area (Å²) >= 11 is 5.99. The van der Waals surface area contributed by atoms with Crippen molar-refractivity contribution in [3.05, 3.63) is 88.2 Å². The minimum absolute atomic E-state index is 0.158. The molecule has 5 nitrogen and oxygen atoms in total. The molecule has 0 radical (unpaired) electrons. The molecule has 0 saturated heterocycles. The van der Waals surface area contributed by atoms with Crippen LogP contribution in [-0.2, 0) is 6.54 Å². The summed E-state index contributed by atoms with van der Waals surface area (Å²) in [6.45, 7) is 0.158. The maximum absolute atomic E-state index is 13.1. The first-order valence-corrected chi connectivity index (χ1v) is 8.92. The van der Waals surface area contributed by atoms with E-state index in [0.29, 0.717) is 33.8 Å². The molecule has 3 aromatic rings. The quantitative estimate of drug-likeness (QED) is 0.601. The van der Waals surface area contributed by atoms with Gasteiger partial charge in [0.05, 0.1) is 22.6 Å². The van der Waals surface area contributed by atoms with Gasteiger partial charge >= 0.3 is 0 Å². The van der Waals surface area contributed by atoms with Crippen LogP contribution < -0.4 is 16.0 Å². The molecule has 0 bridgehead atoms. The Balaban J connectivity index is 1.53. The Labute approximate surface area is 165 Å². The van der Waals surface area contributed by atoms with E-state index in [0.717, 1.165) is 0 Å². The Morgan fingerprint density at radius 3 is 2.61 bits per heavy atom. The first-order chi connectivity index (χ1) is 13.5. The van der Waals surface area contributed by atoms with E-state index in [4.69, 9.17) is 11.6 Å². The summed E-state index contributed by atoms with van der Waals surface area (Å²) in [7, 11) is 0. The summed E-state index contributed by atoms with van der Waals surface area (Å²) < 4.78 is 13.1. The van der Waals surface area contributed by atoms with E-state index >= 15 is 0 Å². The summed E-state index contributed by atoms with van der Waals surface area (Å²) in [5.41, 5.74) is 3.41. The summed E-state index contributed by atoms with van der Waals surface area (Å²) in [4.78, 5) is 24.9. The van der Waals surface area contributed by atoms with Gasteiger partial charge in [0.2, 0.25) is 0 Å². The third-order valence-corrected chi connectivity index (χ3v) is 4.78. The molecule has 3 N–H and O–H groups in total. The molecule has 0 unspecified atom stereocenters. The van der Waals surface area contributed by atoms with Gasteiger partial charge in [-0.25, -0.2) is 4.39 Å². The number of hydrogen-bond donors (Lipinski definition) is 3. The van der Waals surface area contributed by atoms with Crippen molar-refractivity contribution in [2.45, 2.75) is 6.54 Å². The van der Waals surface area contributed by atoms with Crippen LogP contribution in [0.1, 0.15) is 26.3 Å². The standard InChI is InChI=1S/C21H15ClFN3O2/c22-16-10-14(23)7-5-13(16)11-24-20(27)12-6-8-18-19(9-12)26-21(28)15-3-1-2-4-17(15)25-18/h1-10,25H,11H2,(H,24,27)(H,26,28). The fraction of sp³-hybridized carbons (Fsp3) is 0.0476. The number of amides is 2. The van der Waals surface area contributed by atoms with Crippen LogP contribution in [0.15, 0.2) is 60.7 Å². The Hall–Kier alpha value is -3.38. The normalized spacial score (nSPS) is 12.1. The average Bonchev–Trinajstić information content (AvgIpc) is 2.82. The number of hydrogen-bond acceptors (Lipinski definition) is 3. The van der Waals surface area contributed by atoms with Crippen molar-refractivity contribution in [3.63, 3.8) is 0 Å². The predicted molar refractivity (Wildman–Crippen MR) is 107 cm³/mol. The maximum Gasteiger partial charge on any atom is 0.257 e. The highest BCUT2D eigenvalue weighted by Crippen LogP contribution is 2.32. The van der Waals surface area contributed by atoms with Crippen molar-refractivity contribution in [2.24, 2.45) is 0 Å². The van der Waals surface area contributed by atoms with E-state index in [1.54, 1.807) is 30.3 Å². The Bertz CT molecular complexity index is 1100. The molecular weight excluding hydrogens is 381 g/mol. The second kappa shape index (κ2) is 7.32. The number of rotatable bonds is 3. The minimum atomic E-state index is -0.435. The van der Waals surface area contributed by atoms with Crippen LogP contribution >= 0.6 is 11.6 Å². The summed E-state index contributed by atoms with van der Waals surface area (Å²) in [5, 5.41) is 9.01. The number of para-hydroxylation sites is 1. The molecule has 28 heavy (non-hydrogen) atoms. The first kappa shape index (κ1) is 18.0. The second-order valence-corrected chi connectivity index (χ2v) is 6.71. The molecule has 0 atom stereocenters. The van der Waals surface area contributed by atoms with E-state index in [9.17, 15) is 14.0 Å². The van der Waals surface area contributed by atoms with Crippen LogP contribution in [-0.4, -0.2) is 11.8 Å². The molecule has 1 aliphatic rings. The lowest BCUT2D eigenvalue weighted by Crippen LogP contribution is -2.23. The van der Waals surface area contributed by atoms with Gasteiger partial charge < -0.3 is 16.0 Å². The monoisotopic (exact) mass is 395 g/mol. The largest absolute Gasteiger partial charge is 0.353 e. The van der Waals surface area contributed by atoms with Crippen molar-refractivity contribution in [3.8, 4) is 0 Å². The van der Waals surface area contributed by atoms with Crippen molar-refractivity contribution < 1.29 is 14.0 Å². The van der Waals surface area contributed by atoms with Gasteiger partial charge in [0.1, 0.15) is 5.82 Å². The van der Waals surface area contributed by atoms with Crippen LogP contribution in [0, 0.1) is 5.82 Å². The second-order valence-electron chi connectivity index (χ2n) is 6.30. The summed E-state index contributed by atoms with van der Waals surface area (Å²) in [6.07, 6.45) is 0. The third kappa shape index (κ3) is 3.54. The lowest BCUT2D eigenvalue weighted by atomic mass is 10.1. The Kier molecular flexibility index (Phi) is 4.71. The minimum Gasteiger partial charge on any atom is -0.353 e. The number of halogens is 2. The molecule has 0 aliphatic carbocycles. The van der Waals surface area contributed by atoms with E-state index in [1.807, 2.05) is 12.1 Å². The molecule has 7 heteroatoms.